The average molecular weight is 223 g/mol. The maximum absolute atomic E-state index is 11.1. The van der Waals surface area contributed by atoms with Crippen LogP contribution >= 0.6 is 0 Å². The van der Waals surface area contributed by atoms with Gasteiger partial charge >= 0.3 is 0 Å². The zero-order valence-corrected chi connectivity index (χ0v) is 8.61. The van der Waals surface area contributed by atoms with Crippen molar-refractivity contribution in [3.8, 4) is 11.5 Å². The van der Waals surface area contributed by atoms with Gasteiger partial charge in [0.05, 0.1) is 0 Å². The van der Waals surface area contributed by atoms with Crippen LogP contribution in [0.5, 0.6) is 0 Å². The molecule has 7 heteroatoms. The lowest BCUT2D eigenvalue weighted by Crippen LogP contribution is -1.99. The van der Waals surface area contributed by atoms with Crippen molar-refractivity contribution in [2.75, 3.05) is 6.26 Å². The van der Waals surface area contributed by atoms with Gasteiger partial charge in [-0.05, 0) is 6.07 Å². The van der Waals surface area contributed by atoms with E-state index in [0.29, 0.717) is 11.5 Å². The lowest BCUT2D eigenvalue weighted by Gasteiger charge is -1.92. The molecule has 6 nitrogen and oxygen atoms in total. The van der Waals surface area contributed by atoms with E-state index >= 15 is 0 Å². The molecule has 2 aromatic heterocycles. The second-order valence-electron chi connectivity index (χ2n) is 2.87. The first-order valence-electron chi connectivity index (χ1n) is 4.02. The van der Waals surface area contributed by atoms with E-state index in [4.69, 9.17) is 0 Å². The summed E-state index contributed by atoms with van der Waals surface area (Å²) in [5.41, 5.74) is 0.357. The number of hydrogen-bond donors (Lipinski definition) is 1. The number of nitrogens with zero attached hydrogens (tertiary/aromatic N) is 3. The monoisotopic (exact) mass is 223 g/mol. The van der Waals surface area contributed by atoms with Gasteiger partial charge in [-0.2, -0.15) is 0 Å². The minimum absolute atomic E-state index is 0.134. The van der Waals surface area contributed by atoms with Crippen molar-refractivity contribution in [2.45, 2.75) is 5.16 Å². The van der Waals surface area contributed by atoms with E-state index in [1.807, 2.05) is 0 Å². The van der Waals surface area contributed by atoms with Crippen molar-refractivity contribution < 1.29 is 8.42 Å². The first-order chi connectivity index (χ1) is 7.07. The molecular weight excluding hydrogens is 216 g/mol. The Labute approximate surface area is 86.3 Å². The van der Waals surface area contributed by atoms with Crippen LogP contribution in [0.25, 0.3) is 11.5 Å². The van der Waals surface area contributed by atoms with Gasteiger partial charge in [-0.3, -0.25) is 0 Å². The number of nitrogens with one attached hydrogen (secondary N) is 1. The summed E-state index contributed by atoms with van der Waals surface area (Å²) in [4.78, 5) is 14.1. The summed E-state index contributed by atoms with van der Waals surface area (Å²) >= 11 is 0. The fraction of sp³-hybridized carbons (Fsp3) is 0.125. The van der Waals surface area contributed by atoms with E-state index in [9.17, 15) is 8.42 Å². The molecule has 0 bridgehead atoms. The largest absolute Gasteiger partial charge is 0.326 e. The van der Waals surface area contributed by atoms with E-state index in [1.54, 1.807) is 18.5 Å². The maximum atomic E-state index is 11.1. The number of hydrogen-bond acceptors (Lipinski definition) is 5. The van der Waals surface area contributed by atoms with Gasteiger partial charge in [0.15, 0.2) is 5.82 Å². The Morgan fingerprint density at radius 2 is 2.00 bits per heavy atom. The van der Waals surface area contributed by atoms with Crippen molar-refractivity contribution >= 4 is 9.84 Å². The minimum Gasteiger partial charge on any atom is -0.326 e. The van der Waals surface area contributed by atoms with Gasteiger partial charge in [-0.25, -0.2) is 23.4 Å². The van der Waals surface area contributed by atoms with Crippen LogP contribution in [0.15, 0.2) is 23.6 Å². The lowest BCUT2D eigenvalue weighted by atomic mass is 10.4. The van der Waals surface area contributed by atoms with Crippen LogP contribution in [-0.4, -0.2) is 34.6 Å². The molecule has 0 aliphatic rings. The second kappa shape index (κ2) is 3.43. The topological polar surface area (TPSA) is 88.6 Å². The van der Waals surface area contributed by atoms with Gasteiger partial charge in [-0.1, -0.05) is 0 Å². The Bertz CT molecular complexity index is 561. The average Bonchev–Trinajstić information content (AvgIpc) is 2.67. The molecule has 0 fully saturated rings. The lowest BCUT2D eigenvalue weighted by molar-refractivity contribution is 0.595. The number of sulfone groups is 1. The Balaban J connectivity index is 2.46. The molecule has 1 radical (unpaired) electrons. The van der Waals surface area contributed by atoms with E-state index in [1.165, 1.54) is 0 Å². The molecule has 0 amide bonds. The van der Waals surface area contributed by atoms with Crippen molar-refractivity contribution in [1.82, 2.24) is 19.9 Å². The number of H-pyrrole nitrogens is 1. The summed E-state index contributed by atoms with van der Waals surface area (Å²) in [6, 6.07) is 1.66. The van der Waals surface area contributed by atoms with Crippen LogP contribution in [0, 0.1) is 6.20 Å². The van der Waals surface area contributed by atoms with Crippen LogP contribution in [0.2, 0.25) is 0 Å². The van der Waals surface area contributed by atoms with E-state index in [2.05, 4.69) is 26.1 Å². The molecule has 0 aliphatic heterocycles. The van der Waals surface area contributed by atoms with E-state index in [-0.39, 0.29) is 5.16 Å². The van der Waals surface area contributed by atoms with E-state index < -0.39 is 9.84 Å². The third kappa shape index (κ3) is 2.01. The quantitative estimate of drug-likeness (QED) is 0.778. The van der Waals surface area contributed by atoms with Crippen molar-refractivity contribution in [2.24, 2.45) is 0 Å². The van der Waals surface area contributed by atoms with Gasteiger partial charge in [0.2, 0.25) is 15.0 Å². The fourth-order valence-corrected chi connectivity index (χ4v) is 1.48. The first-order valence-corrected chi connectivity index (χ1v) is 5.91. The zero-order chi connectivity index (χ0) is 10.9. The Morgan fingerprint density at radius 1 is 1.33 bits per heavy atom. The molecule has 0 atom stereocenters. The molecule has 0 saturated carbocycles. The van der Waals surface area contributed by atoms with Crippen molar-refractivity contribution in [3.63, 3.8) is 0 Å². The molecule has 0 saturated heterocycles. The minimum atomic E-state index is -3.34. The van der Waals surface area contributed by atoms with Crippen LogP contribution < -0.4 is 0 Å². The zero-order valence-electron chi connectivity index (χ0n) is 7.80. The van der Waals surface area contributed by atoms with Crippen LogP contribution in [0.4, 0.5) is 0 Å². The summed E-state index contributed by atoms with van der Waals surface area (Å²) < 4.78 is 22.2. The molecule has 2 rings (SSSR count). The van der Waals surface area contributed by atoms with Crippen LogP contribution in [-0.2, 0) is 9.84 Å². The highest BCUT2D eigenvalue weighted by Crippen LogP contribution is 2.12. The molecule has 77 valence electrons. The Morgan fingerprint density at radius 3 is 2.53 bits per heavy atom. The Hall–Kier alpha value is -1.76. The normalized spacial score (nSPS) is 11.5. The van der Waals surface area contributed by atoms with Crippen LogP contribution in [0.1, 0.15) is 0 Å². The summed E-state index contributed by atoms with van der Waals surface area (Å²) in [7, 11) is -3.34. The van der Waals surface area contributed by atoms with Gasteiger partial charge in [0.1, 0.15) is 11.9 Å². The molecular formula is C8H7N4O2S. The Kier molecular flexibility index (Phi) is 2.24. The predicted molar refractivity (Wildman–Crippen MR) is 51.6 cm³/mol. The van der Waals surface area contributed by atoms with Crippen molar-refractivity contribution in [3.05, 3.63) is 24.7 Å². The number of rotatable bonds is 2. The smallest absolute Gasteiger partial charge is 0.225 e. The second-order valence-corrected chi connectivity index (χ2v) is 4.80. The van der Waals surface area contributed by atoms with Gasteiger partial charge < -0.3 is 4.98 Å². The number of aromatic amines is 1. The molecule has 0 spiro atoms. The highest BCUT2D eigenvalue weighted by Gasteiger charge is 2.13. The molecule has 0 aliphatic carbocycles. The van der Waals surface area contributed by atoms with Crippen molar-refractivity contribution in [1.29, 1.82) is 0 Å². The standard InChI is InChI=1S/C8H7N4O2S/c1-15(13,14)8-11-5-6(12-8)7-9-3-2-4-10-7/h2-4H,1H3,(H,11,12). The van der Waals surface area contributed by atoms with Gasteiger partial charge in [0.25, 0.3) is 0 Å². The summed E-state index contributed by atoms with van der Waals surface area (Å²) in [5, 5.41) is -0.134. The number of aromatic nitrogens is 4. The molecule has 0 aromatic carbocycles. The summed E-state index contributed by atoms with van der Waals surface area (Å²) in [6.45, 7) is 0. The summed E-state index contributed by atoms with van der Waals surface area (Å²) in [5.74, 6) is 0.361. The summed E-state index contributed by atoms with van der Waals surface area (Å²) in [6.07, 6.45) is 6.69. The molecule has 2 aromatic rings. The molecule has 2 heterocycles. The SMILES string of the molecule is CS(=O)(=O)c1n[c]c(-c2ncccn2)[nH]1. The maximum Gasteiger partial charge on any atom is 0.225 e. The fourth-order valence-electron chi connectivity index (χ4n) is 0.979. The van der Waals surface area contributed by atoms with Gasteiger partial charge in [0, 0.05) is 18.6 Å². The molecule has 15 heavy (non-hydrogen) atoms. The predicted octanol–water partition coefficient (Wildman–Crippen LogP) is 0.0704. The molecule has 1 N–H and O–H groups in total. The number of imidazole rings is 1. The molecule has 0 unspecified atom stereocenters. The van der Waals surface area contributed by atoms with E-state index in [0.717, 1.165) is 6.26 Å². The highest BCUT2D eigenvalue weighted by molar-refractivity contribution is 7.90. The third-order valence-electron chi connectivity index (χ3n) is 1.64. The van der Waals surface area contributed by atoms with Gasteiger partial charge in [-0.15, -0.1) is 0 Å². The first kappa shape index (κ1) is 9.78. The van der Waals surface area contributed by atoms with Crippen LogP contribution in [0.3, 0.4) is 0 Å². The highest BCUT2D eigenvalue weighted by atomic mass is 32.2. The third-order valence-corrected chi connectivity index (χ3v) is 2.54.